The van der Waals surface area contributed by atoms with Crippen molar-refractivity contribution >= 4 is 43.4 Å². The van der Waals surface area contributed by atoms with Crippen LogP contribution in [0.2, 0.25) is 0 Å². The van der Waals surface area contributed by atoms with Crippen LogP contribution in [0.15, 0.2) is 41.2 Å². The molecule has 4 aromatic rings. The fourth-order valence-corrected chi connectivity index (χ4v) is 4.96. The quantitative estimate of drug-likeness (QED) is 0.530. The number of benzene rings is 1. The minimum atomic E-state index is -0.272. The molecule has 0 unspecified atom stereocenters. The van der Waals surface area contributed by atoms with Gasteiger partial charge in [0.1, 0.15) is 21.9 Å². The number of pyridine rings is 1. The molecule has 31 heavy (non-hydrogen) atoms. The number of rotatable bonds is 3. The molecule has 8 heteroatoms. The number of para-hydroxylation sites is 1. The Morgan fingerprint density at radius 1 is 1.26 bits per heavy atom. The third-order valence-electron chi connectivity index (χ3n) is 5.50. The Labute approximate surface area is 182 Å². The number of fused-ring (bicyclic) bond motifs is 4. The number of thiophene rings is 1. The van der Waals surface area contributed by atoms with Crippen molar-refractivity contribution in [1.82, 2.24) is 14.5 Å². The van der Waals surface area contributed by atoms with Gasteiger partial charge in [0.2, 0.25) is 5.91 Å². The van der Waals surface area contributed by atoms with Crippen molar-refractivity contribution in [2.75, 3.05) is 5.32 Å². The van der Waals surface area contributed by atoms with Gasteiger partial charge in [-0.05, 0) is 39.0 Å². The standard InChI is InChI=1S/C23H22N4O3S/c1-13-24-19-16-9-14-12-30-23(2,3)10-17(14)26-21(16)31-20(19)22(29)27(13)11-18(28)25-15-7-5-4-6-8-15/h4-9H,10-12H2,1-3H3,(H,25,28). The van der Waals surface area contributed by atoms with Gasteiger partial charge in [0.05, 0.1) is 23.4 Å². The number of nitrogens with one attached hydrogen (secondary N) is 1. The highest BCUT2D eigenvalue weighted by Crippen LogP contribution is 2.34. The molecule has 0 saturated heterocycles. The summed E-state index contributed by atoms with van der Waals surface area (Å²) in [6.45, 7) is 6.26. The molecule has 5 rings (SSSR count). The monoisotopic (exact) mass is 434 g/mol. The lowest BCUT2D eigenvalue weighted by Gasteiger charge is -2.30. The minimum Gasteiger partial charge on any atom is -0.370 e. The number of hydrogen-bond donors (Lipinski definition) is 1. The van der Waals surface area contributed by atoms with Crippen molar-refractivity contribution in [2.45, 2.75) is 45.9 Å². The van der Waals surface area contributed by atoms with Gasteiger partial charge in [-0.3, -0.25) is 14.2 Å². The molecular weight excluding hydrogens is 412 g/mol. The van der Waals surface area contributed by atoms with E-state index in [1.807, 2.05) is 24.3 Å². The summed E-state index contributed by atoms with van der Waals surface area (Å²) in [5.41, 5.74) is 2.91. The summed E-state index contributed by atoms with van der Waals surface area (Å²) in [6, 6.07) is 11.2. The molecule has 3 aromatic heterocycles. The second kappa shape index (κ2) is 7.25. The molecule has 1 N–H and O–H groups in total. The Hall–Kier alpha value is -3.10. The number of nitrogens with zero attached hydrogens (tertiary/aromatic N) is 3. The van der Waals surface area contributed by atoms with Crippen molar-refractivity contribution in [3.05, 3.63) is 63.8 Å². The van der Waals surface area contributed by atoms with Crippen LogP contribution in [0.1, 0.15) is 30.9 Å². The first-order valence-corrected chi connectivity index (χ1v) is 10.9. The minimum absolute atomic E-state index is 0.0945. The van der Waals surface area contributed by atoms with Crippen LogP contribution in [0.4, 0.5) is 5.69 Å². The molecule has 4 heterocycles. The summed E-state index contributed by atoms with van der Waals surface area (Å²) < 4.78 is 7.86. The fraction of sp³-hybridized carbons (Fsp3) is 0.304. The molecule has 0 atom stereocenters. The van der Waals surface area contributed by atoms with Gasteiger partial charge < -0.3 is 10.1 Å². The first-order valence-electron chi connectivity index (χ1n) is 10.1. The smallest absolute Gasteiger partial charge is 0.272 e. The van der Waals surface area contributed by atoms with E-state index in [-0.39, 0.29) is 23.6 Å². The molecule has 1 amide bonds. The van der Waals surface area contributed by atoms with Crippen molar-refractivity contribution in [1.29, 1.82) is 0 Å². The zero-order chi connectivity index (χ0) is 21.8. The zero-order valence-corrected chi connectivity index (χ0v) is 18.4. The maximum atomic E-state index is 13.2. The van der Waals surface area contributed by atoms with E-state index < -0.39 is 0 Å². The van der Waals surface area contributed by atoms with E-state index in [1.165, 1.54) is 15.9 Å². The third kappa shape index (κ3) is 3.62. The van der Waals surface area contributed by atoms with Gasteiger partial charge in [-0.25, -0.2) is 9.97 Å². The Morgan fingerprint density at radius 3 is 2.81 bits per heavy atom. The van der Waals surface area contributed by atoms with Crippen molar-refractivity contribution in [3.8, 4) is 0 Å². The molecule has 0 bridgehead atoms. The van der Waals surface area contributed by atoms with Crippen molar-refractivity contribution < 1.29 is 9.53 Å². The van der Waals surface area contributed by atoms with Crippen LogP contribution in [0, 0.1) is 6.92 Å². The number of aryl methyl sites for hydroxylation is 1. The van der Waals surface area contributed by atoms with Crippen LogP contribution in [-0.4, -0.2) is 26.0 Å². The van der Waals surface area contributed by atoms with E-state index >= 15 is 0 Å². The highest BCUT2D eigenvalue weighted by Gasteiger charge is 2.28. The molecular formula is C23H22N4O3S. The molecule has 0 fully saturated rings. The average molecular weight is 435 g/mol. The fourth-order valence-electron chi connectivity index (χ4n) is 3.89. The summed E-state index contributed by atoms with van der Waals surface area (Å²) >= 11 is 1.34. The van der Waals surface area contributed by atoms with Crippen LogP contribution < -0.4 is 10.9 Å². The zero-order valence-electron chi connectivity index (χ0n) is 17.6. The van der Waals surface area contributed by atoms with Crippen LogP contribution >= 0.6 is 11.3 Å². The number of carbonyl (C=O) groups is 1. The van der Waals surface area contributed by atoms with E-state index in [2.05, 4.69) is 24.1 Å². The van der Waals surface area contributed by atoms with Gasteiger partial charge in [-0.1, -0.05) is 18.2 Å². The molecule has 0 radical (unpaired) electrons. The largest absolute Gasteiger partial charge is 0.370 e. The summed E-state index contributed by atoms with van der Waals surface area (Å²) in [4.78, 5) is 36.0. The Kier molecular flexibility index (Phi) is 4.64. The van der Waals surface area contributed by atoms with Gasteiger partial charge >= 0.3 is 0 Å². The van der Waals surface area contributed by atoms with E-state index in [4.69, 9.17) is 9.72 Å². The van der Waals surface area contributed by atoms with E-state index in [1.54, 1.807) is 19.1 Å². The van der Waals surface area contributed by atoms with Gasteiger partial charge in [-0.2, -0.15) is 0 Å². The number of aromatic nitrogens is 3. The molecule has 0 spiro atoms. The summed E-state index contributed by atoms with van der Waals surface area (Å²) in [5.74, 6) is 0.224. The molecule has 0 aliphatic carbocycles. The summed E-state index contributed by atoms with van der Waals surface area (Å²) in [7, 11) is 0. The Balaban J connectivity index is 1.55. The lowest BCUT2D eigenvalue weighted by molar-refractivity contribution is -0.116. The SMILES string of the molecule is Cc1nc2c(sc3nc4c(cc32)COC(C)(C)C4)c(=O)n1CC(=O)Nc1ccccc1. The number of anilines is 1. The average Bonchev–Trinajstić information content (AvgIpc) is 3.07. The van der Waals surface area contributed by atoms with Crippen LogP contribution in [0.3, 0.4) is 0 Å². The highest BCUT2D eigenvalue weighted by atomic mass is 32.1. The van der Waals surface area contributed by atoms with E-state index in [0.717, 1.165) is 27.9 Å². The summed E-state index contributed by atoms with van der Waals surface area (Å²) in [6.07, 6.45) is 0.725. The lowest BCUT2D eigenvalue weighted by Crippen LogP contribution is -2.32. The third-order valence-corrected chi connectivity index (χ3v) is 6.58. The molecule has 158 valence electrons. The summed E-state index contributed by atoms with van der Waals surface area (Å²) in [5, 5.41) is 3.68. The Bertz CT molecular complexity index is 1390. The molecule has 1 aromatic carbocycles. The van der Waals surface area contributed by atoms with Gasteiger partial charge in [0.25, 0.3) is 5.56 Å². The predicted molar refractivity (Wildman–Crippen MR) is 122 cm³/mol. The van der Waals surface area contributed by atoms with E-state index in [9.17, 15) is 9.59 Å². The number of ether oxygens (including phenoxy) is 1. The second-order valence-electron chi connectivity index (χ2n) is 8.42. The van der Waals surface area contributed by atoms with Crippen molar-refractivity contribution in [3.63, 3.8) is 0 Å². The Morgan fingerprint density at radius 2 is 2.03 bits per heavy atom. The molecule has 1 aliphatic heterocycles. The van der Waals surface area contributed by atoms with Crippen LogP contribution in [0.5, 0.6) is 0 Å². The highest BCUT2D eigenvalue weighted by molar-refractivity contribution is 7.25. The van der Waals surface area contributed by atoms with Gasteiger partial charge in [0.15, 0.2) is 0 Å². The second-order valence-corrected chi connectivity index (χ2v) is 9.42. The predicted octanol–water partition coefficient (Wildman–Crippen LogP) is 3.80. The maximum Gasteiger partial charge on any atom is 0.272 e. The number of amides is 1. The first kappa shape index (κ1) is 19.8. The van der Waals surface area contributed by atoms with Gasteiger partial charge in [-0.15, -0.1) is 11.3 Å². The van der Waals surface area contributed by atoms with Crippen molar-refractivity contribution in [2.24, 2.45) is 0 Å². The molecule has 1 aliphatic rings. The molecule has 0 saturated carbocycles. The van der Waals surface area contributed by atoms with Gasteiger partial charge in [0, 0.05) is 23.1 Å². The van der Waals surface area contributed by atoms with Crippen LogP contribution in [0.25, 0.3) is 20.4 Å². The normalized spacial score (nSPS) is 15.2. The first-order chi connectivity index (χ1) is 14.8. The van der Waals surface area contributed by atoms with Crippen LogP contribution in [-0.2, 0) is 29.1 Å². The van der Waals surface area contributed by atoms with E-state index in [0.29, 0.717) is 28.3 Å². The lowest BCUT2D eigenvalue weighted by atomic mass is 9.95. The number of hydrogen-bond acceptors (Lipinski definition) is 6. The molecule has 7 nitrogen and oxygen atoms in total. The maximum absolute atomic E-state index is 13.2. The topological polar surface area (TPSA) is 86.1 Å². The number of carbonyl (C=O) groups excluding carboxylic acids is 1.